The van der Waals surface area contributed by atoms with E-state index >= 15 is 0 Å². The fourth-order valence-corrected chi connectivity index (χ4v) is 4.18. The van der Waals surface area contributed by atoms with Gasteiger partial charge in [-0.15, -0.1) is 0 Å². The van der Waals surface area contributed by atoms with E-state index in [2.05, 4.69) is 21.2 Å². The number of urea groups is 1. The lowest BCUT2D eigenvalue weighted by molar-refractivity contribution is -0.122. The number of aryl methyl sites for hydroxylation is 2. The molecule has 4 rings (SSSR count). The van der Waals surface area contributed by atoms with Gasteiger partial charge in [-0.25, -0.2) is 9.69 Å². The van der Waals surface area contributed by atoms with Crippen LogP contribution in [-0.2, 0) is 9.59 Å². The Hall–Kier alpha value is -3.45. The summed E-state index contributed by atoms with van der Waals surface area (Å²) in [5, 5.41) is 2.28. The van der Waals surface area contributed by atoms with Gasteiger partial charge in [-0.1, -0.05) is 40.2 Å². The van der Waals surface area contributed by atoms with Crippen molar-refractivity contribution in [2.24, 2.45) is 0 Å². The summed E-state index contributed by atoms with van der Waals surface area (Å²) >= 11 is 3.49. The Balaban J connectivity index is 1.79. The first kappa shape index (κ1) is 20.8. The van der Waals surface area contributed by atoms with Crippen LogP contribution in [0.3, 0.4) is 0 Å². The molecule has 1 aliphatic heterocycles. The van der Waals surface area contributed by atoms with E-state index in [0.29, 0.717) is 5.69 Å². The molecule has 0 bridgehead atoms. The molecule has 31 heavy (non-hydrogen) atoms. The Bertz CT molecular complexity index is 1270. The van der Waals surface area contributed by atoms with Gasteiger partial charge in [0.05, 0.1) is 5.69 Å². The number of anilines is 1. The number of benzene rings is 2. The maximum Gasteiger partial charge on any atom is 0.335 e. The summed E-state index contributed by atoms with van der Waals surface area (Å²) in [5.74, 6) is -1.34. The van der Waals surface area contributed by atoms with Crippen LogP contribution in [0.2, 0.25) is 0 Å². The van der Waals surface area contributed by atoms with E-state index in [9.17, 15) is 14.4 Å². The monoisotopic (exact) mass is 477 g/mol. The molecule has 0 atom stereocenters. The average Bonchev–Trinajstić information content (AvgIpc) is 2.99. The second-order valence-corrected chi connectivity index (χ2v) is 8.30. The molecule has 0 saturated carbocycles. The Morgan fingerprint density at radius 1 is 0.935 bits per heavy atom. The number of imide groups is 2. The van der Waals surface area contributed by atoms with Crippen molar-refractivity contribution in [1.29, 1.82) is 0 Å². The van der Waals surface area contributed by atoms with Crippen molar-refractivity contribution in [2.75, 3.05) is 4.90 Å². The number of barbiturate groups is 1. The molecule has 1 aliphatic rings. The highest BCUT2D eigenvalue weighted by Gasteiger charge is 2.37. The van der Waals surface area contributed by atoms with Gasteiger partial charge in [0, 0.05) is 21.5 Å². The zero-order valence-corrected chi connectivity index (χ0v) is 18.9. The average molecular weight is 478 g/mol. The van der Waals surface area contributed by atoms with E-state index in [1.165, 1.54) is 0 Å². The number of carbonyl (C=O) groups excluding carboxylic acids is 3. The fraction of sp³-hybridized carbons (Fsp3) is 0.125. The van der Waals surface area contributed by atoms with E-state index < -0.39 is 17.8 Å². The fourth-order valence-electron chi connectivity index (χ4n) is 3.79. The highest BCUT2D eigenvalue weighted by atomic mass is 79.9. The first-order chi connectivity index (χ1) is 14.8. The second kappa shape index (κ2) is 8.00. The van der Waals surface area contributed by atoms with Crippen LogP contribution in [0.5, 0.6) is 0 Å². The van der Waals surface area contributed by atoms with Gasteiger partial charge in [0.15, 0.2) is 0 Å². The van der Waals surface area contributed by atoms with Crippen LogP contribution in [0, 0.1) is 20.8 Å². The molecular weight excluding hydrogens is 458 g/mol. The maximum absolute atomic E-state index is 13.2. The highest BCUT2D eigenvalue weighted by Crippen LogP contribution is 2.28. The SMILES string of the molecule is Cc1ccccc1N1C(=O)NC(=O)/C(=C\c2cc(C)n(-c3cccc(Br)c3)c2C)C1=O. The zero-order valence-electron chi connectivity index (χ0n) is 17.3. The summed E-state index contributed by atoms with van der Waals surface area (Å²) in [4.78, 5) is 39.2. The minimum atomic E-state index is -0.749. The van der Waals surface area contributed by atoms with Crippen molar-refractivity contribution < 1.29 is 14.4 Å². The molecule has 0 radical (unpaired) electrons. The Kier molecular flexibility index (Phi) is 5.37. The molecule has 4 amide bonds. The molecule has 1 saturated heterocycles. The molecule has 0 unspecified atom stereocenters. The predicted octanol–water partition coefficient (Wildman–Crippen LogP) is 4.83. The minimum absolute atomic E-state index is 0.0858. The van der Waals surface area contributed by atoms with Crippen LogP contribution in [0.4, 0.5) is 10.5 Å². The molecule has 3 aromatic rings. The van der Waals surface area contributed by atoms with Crippen LogP contribution in [0.1, 0.15) is 22.5 Å². The minimum Gasteiger partial charge on any atom is -0.318 e. The van der Waals surface area contributed by atoms with E-state index in [1.807, 2.05) is 54.8 Å². The number of rotatable bonds is 3. The van der Waals surface area contributed by atoms with E-state index in [4.69, 9.17) is 0 Å². The number of aromatic nitrogens is 1. The zero-order chi connectivity index (χ0) is 22.3. The summed E-state index contributed by atoms with van der Waals surface area (Å²) in [7, 11) is 0. The molecule has 1 N–H and O–H groups in total. The van der Waals surface area contributed by atoms with E-state index in [0.717, 1.165) is 37.6 Å². The van der Waals surface area contributed by atoms with Gasteiger partial charge >= 0.3 is 6.03 Å². The van der Waals surface area contributed by atoms with Gasteiger partial charge in [-0.2, -0.15) is 0 Å². The van der Waals surface area contributed by atoms with Crippen molar-refractivity contribution in [3.63, 3.8) is 0 Å². The van der Waals surface area contributed by atoms with Crippen LogP contribution in [0.15, 0.2) is 64.6 Å². The van der Waals surface area contributed by atoms with Crippen LogP contribution < -0.4 is 10.2 Å². The van der Waals surface area contributed by atoms with Crippen molar-refractivity contribution in [3.05, 3.63) is 87.2 Å². The number of carbonyl (C=O) groups is 3. The quantitative estimate of drug-likeness (QED) is 0.433. The van der Waals surface area contributed by atoms with E-state index in [-0.39, 0.29) is 5.57 Å². The third-order valence-corrected chi connectivity index (χ3v) is 5.79. The normalized spacial score (nSPS) is 15.5. The molecule has 156 valence electrons. The molecule has 2 heterocycles. The van der Waals surface area contributed by atoms with Crippen LogP contribution in [-0.4, -0.2) is 22.4 Å². The first-order valence-electron chi connectivity index (χ1n) is 9.70. The largest absolute Gasteiger partial charge is 0.335 e. The number of para-hydroxylation sites is 1. The van der Waals surface area contributed by atoms with Gasteiger partial charge in [0.25, 0.3) is 11.8 Å². The molecule has 6 nitrogen and oxygen atoms in total. The lowest BCUT2D eigenvalue weighted by atomic mass is 10.1. The smallest absolute Gasteiger partial charge is 0.318 e. The summed E-state index contributed by atoms with van der Waals surface area (Å²) in [6.45, 7) is 5.69. The second-order valence-electron chi connectivity index (χ2n) is 7.39. The highest BCUT2D eigenvalue weighted by molar-refractivity contribution is 9.10. The molecular formula is C24H20BrN3O3. The Morgan fingerprint density at radius 3 is 2.39 bits per heavy atom. The third-order valence-electron chi connectivity index (χ3n) is 5.29. The van der Waals surface area contributed by atoms with Crippen LogP contribution >= 0.6 is 15.9 Å². The Labute approximate surface area is 188 Å². The van der Waals surface area contributed by atoms with Gasteiger partial charge in [-0.3, -0.25) is 14.9 Å². The molecule has 1 aromatic heterocycles. The number of hydrogen-bond acceptors (Lipinski definition) is 3. The maximum atomic E-state index is 13.2. The lowest BCUT2D eigenvalue weighted by Gasteiger charge is -2.27. The Morgan fingerprint density at radius 2 is 1.68 bits per heavy atom. The summed E-state index contributed by atoms with van der Waals surface area (Å²) in [6.07, 6.45) is 1.55. The predicted molar refractivity (Wildman–Crippen MR) is 123 cm³/mol. The van der Waals surface area contributed by atoms with Gasteiger partial charge in [-0.05, 0) is 68.3 Å². The van der Waals surface area contributed by atoms with Crippen LogP contribution in [0.25, 0.3) is 11.8 Å². The third kappa shape index (κ3) is 3.72. The van der Waals surface area contributed by atoms with Gasteiger partial charge in [0.2, 0.25) is 0 Å². The van der Waals surface area contributed by atoms with Gasteiger partial charge < -0.3 is 4.57 Å². The number of nitrogens with one attached hydrogen (secondary N) is 1. The molecule has 1 fully saturated rings. The summed E-state index contributed by atoms with van der Waals surface area (Å²) in [6, 6.07) is 16.1. The molecule has 7 heteroatoms. The molecule has 0 aliphatic carbocycles. The molecule has 0 spiro atoms. The van der Waals surface area contributed by atoms with Crippen molar-refractivity contribution >= 4 is 45.5 Å². The van der Waals surface area contributed by atoms with Crippen molar-refractivity contribution in [2.45, 2.75) is 20.8 Å². The molecule has 2 aromatic carbocycles. The van der Waals surface area contributed by atoms with Crippen molar-refractivity contribution in [1.82, 2.24) is 9.88 Å². The number of amides is 4. The van der Waals surface area contributed by atoms with Gasteiger partial charge in [0.1, 0.15) is 5.57 Å². The first-order valence-corrected chi connectivity index (χ1v) is 10.5. The summed E-state index contributed by atoms with van der Waals surface area (Å²) < 4.78 is 3.00. The van der Waals surface area contributed by atoms with E-state index in [1.54, 1.807) is 31.2 Å². The number of hydrogen-bond donors (Lipinski definition) is 1. The number of halogens is 1. The number of nitrogens with zero attached hydrogens (tertiary/aromatic N) is 2. The topological polar surface area (TPSA) is 71.4 Å². The standard InChI is InChI=1S/C24H20BrN3O3/c1-14-7-4-5-10-21(14)28-23(30)20(22(29)26-24(28)31)12-17-11-15(2)27(16(17)3)19-9-6-8-18(25)13-19/h4-13H,1-3H3,(H,26,29,31)/b20-12+. The summed E-state index contributed by atoms with van der Waals surface area (Å²) in [5.41, 5.74) is 4.65. The van der Waals surface area contributed by atoms with Crippen molar-refractivity contribution in [3.8, 4) is 5.69 Å². The lowest BCUT2D eigenvalue weighted by Crippen LogP contribution is -2.54.